The lowest BCUT2D eigenvalue weighted by atomic mass is 9.97. The lowest BCUT2D eigenvalue weighted by Gasteiger charge is -2.12. The SMILES string of the molecule is Cc1cc2c(nc1C)Cc1ncc(C)c(C)c1-2.Cc1ccc2c(n1)Cc1nc(C)c(C)c(C)c1-2.Cc1ccc2c(n1)Cc1nc(C)c(C)cc1-2.Cc1ccnc2c1-c1c(nc(C)c(C)c1C)C2.Cc1cnc2c(c1)-c1c(nc(C)c(C)c1C)C2. The minimum absolute atomic E-state index is 0.882. The standard InChI is InChI=1S/4C15H16N2.C14H14N2/c1-8-5-12-13(17-11(8)4)6-14-15(12)10(3)9(2)7-16-14;1-8-5-12-13(16-7-8)6-14-15(12)10(3)9(2)11(4)17-14;1-8-5-6-16-12-7-13-15(14(8)12)10(3)9(2)11(4)17-13;1-8-5-6-12-13(16-8)7-14-15(12)10(3)9(2)11(4)17-14;1-8-6-12-11-5-4-9(2)15-13(11)7-14(12)16-10(8)3/h2*5,7H,6H2,1-4H3;2*5-6H,7H2,1-4H3;4-6H,7H2,1-3H3. The number of aryl methyl sites for hydroxylation is 12. The molecule has 0 spiro atoms. The zero-order valence-electron chi connectivity index (χ0n) is 52.9. The molecule has 0 bridgehead atoms. The predicted octanol–water partition coefficient (Wildman–Crippen LogP) is 16.1. The molecule has 84 heavy (non-hydrogen) atoms. The fraction of sp³-hybridized carbons (Fsp3) is 0.324. The van der Waals surface area contributed by atoms with E-state index in [2.05, 4.69) is 196 Å². The summed E-state index contributed by atoms with van der Waals surface area (Å²) in [5, 5.41) is 0. The van der Waals surface area contributed by atoms with E-state index in [9.17, 15) is 0 Å². The molecule has 5 aliphatic rings. The topological polar surface area (TPSA) is 129 Å². The van der Waals surface area contributed by atoms with Crippen molar-refractivity contribution in [2.75, 3.05) is 0 Å². The van der Waals surface area contributed by atoms with Gasteiger partial charge in [-0.05, 0) is 235 Å². The summed E-state index contributed by atoms with van der Waals surface area (Å²) in [5.41, 5.74) is 48.3. The van der Waals surface area contributed by atoms with Gasteiger partial charge in [0.1, 0.15) is 0 Å². The summed E-state index contributed by atoms with van der Waals surface area (Å²) in [7, 11) is 0. The number of nitrogens with zero attached hydrogens (tertiary/aromatic N) is 10. The average molecular weight is 1110 g/mol. The summed E-state index contributed by atoms with van der Waals surface area (Å²) in [4.78, 5) is 46.3. The summed E-state index contributed by atoms with van der Waals surface area (Å²) < 4.78 is 0. The molecule has 0 aromatic carbocycles. The van der Waals surface area contributed by atoms with Crippen LogP contribution in [0.15, 0.2) is 67.1 Å². The van der Waals surface area contributed by atoms with Gasteiger partial charge in [0.2, 0.25) is 0 Å². The molecule has 10 aromatic rings. The third-order valence-electron chi connectivity index (χ3n) is 18.6. The number of aromatic nitrogens is 10. The summed E-state index contributed by atoms with van der Waals surface area (Å²) in [5.74, 6) is 0. The second kappa shape index (κ2) is 22.2. The van der Waals surface area contributed by atoms with E-state index in [1.165, 1.54) is 179 Å². The lowest BCUT2D eigenvalue weighted by Crippen LogP contribution is -1.98. The van der Waals surface area contributed by atoms with Gasteiger partial charge in [0.05, 0.1) is 56.9 Å². The van der Waals surface area contributed by atoms with E-state index in [0.29, 0.717) is 0 Å². The second-order valence-electron chi connectivity index (χ2n) is 24.2. The first-order valence-electron chi connectivity index (χ1n) is 29.6. The van der Waals surface area contributed by atoms with Crippen molar-refractivity contribution >= 4 is 0 Å². The summed E-state index contributed by atoms with van der Waals surface area (Å²) in [6.07, 6.45) is 10.2. The van der Waals surface area contributed by atoms with Gasteiger partial charge in [0, 0.05) is 146 Å². The number of pyridine rings is 10. The Morgan fingerprint density at radius 3 is 1.26 bits per heavy atom. The first kappa shape index (κ1) is 57.3. The second-order valence-corrected chi connectivity index (χ2v) is 24.2. The maximum Gasteiger partial charge on any atom is 0.0548 e. The smallest absolute Gasteiger partial charge is 0.0548 e. The minimum Gasteiger partial charge on any atom is -0.260 e. The minimum atomic E-state index is 0.882. The molecule has 0 unspecified atom stereocenters. The lowest BCUT2D eigenvalue weighted by molar-refractivity contribution is 1.00. The van der Waals surface area contributed by atoms with Crippen molar-refractivity contribution in [2.24, 2.45) is 0 Å². The maximum absolute atomic E-state index is 4.73. The Hall–Kier alpha value is -8.50. The largest absolute Gasteiger partial charge is 0.260 e. The molecule has 0 N–H and O–H groups in total. The highest BCUT2D eigenvalue weighted by molar-refractivity contribution is 5.82. The highest BCUT2D eigenvalue weighted by atomic mass is 14.8. The van der Waals surface area contributed by atoms with Crippen LogP contribution in [0.4, 0.5) is 0 Å². The molecule has 424 valence electrons. The monoisotopic (exact) mass is 1110 g/mol. The summed E-state index contributed by atoms with van der Waals surface area (Å²) in [6, 6.07) is 17.3. The van der Waals surface area contributed by atoms with Gasteiger partial charge in [-0.1, -0.05) is 12.1 Å². The van der Waals surface area contributed by atoms with Gasteiger partial charge < -0.3 is 0 Å². The molecular formula is C74H78N10. The Morgan fingerprint density at radius 2 is 0.655 bits per heavy atom. The van der Waals surface area contributed by atoms with Crippen molar-refractivity contribution in [1.82, 2.24) is 49.8 Å². The molecule has 0 saturated heterocycles. The number of hydrogen-bond donors (Lipinski definition) is 0. The fourth-order valence-electron chi connectivity index (χ4n) is 12.8. The molecule has 15 rings (SSSR count). The Kier molecular flexibility index (Phi) is 15.2. The van der Waals surface area contributed by atoms with Gasteiger partial charge in [-0.25, -0.2) is 0 Å². The molecule has 0 radical (unpaired) electrons. The van der Waals surface area contributed by atoms with Crippen molar-refractivity contribution in [1.29, 1.82) is 0 Å². The molecule has 0 amide bonds. The van der Waals surface area contributed by atoms with Crippen LogP contribution < -0.4 is 0 Å². The molecule has 10 aromatic heterocycles. The number of hydrogen-bond acceptors (Lipinski definition) is 10. The molecule has 0 saturated carbocycles. The van der Waals surface area contributed by atoms with Crippen molar-refractivity contribution < 1.29 is 0 Å². The van der Waals surface area contributed by atoms with Crippen LogP contribution in [0.2, 0.25) is 0 Å². The van der Waals surface area contributed by atoms with Crippen LogP contribution in [0.1, 0.15) is 164 Å². The van der Waals surface area contributed by atoms with E-state index in [-0.39, 0.29) is 0 Å². The zero-order chi connectivity index (χ0) is 59.9. The Morgan fingerprint density at radius 1 is 0.250 bits per heavy atom. The van der Waals surface area contributed by atoms with Crippen molar-refractivity contribution in [3.05, 3.63) is 231 Å². The van der Waals surface area contributed by atoms with Crippen LogP contribution in [0.25, 0.3) is 55.6 Å². The maximum atomic E-state index is 4.73. The number of rotatable bonds is 0. The quantitative estimate of drug-likeness (QED) is 0.145. The Balaban J connectivity index is 0.000000110. The molecular weight excluding hydrogens is 1030 g/mol. The van der Waals surface area contributed by atoms with Gasteiger partial charge in [-0.15, -0.1) is 0 Å². The van der Waals surface area contributed by atoms with E-state index in [0.717, 1.165) is 72.0 Å². The van der Waals surface area contributed by atoms with E-state index in [1.807, 2.05) is 32.4 Å². The average Bonchev–Trinajstić information content (AvgIpc) is 2.56. The van der Waals surface area contributed by atoms with Crippen molar-refractivity contribution in [3.8, 4) is 55.6 Å². The van der Waals surface area contributed by atoms with Crippen LogP contribution in [0.5, 0.6) is 0 Å². The predicted molar refractivity (Wildman–Crippen MR) is 341 cm³/mol. The van der Waals surface area contributed by atoms with Gasteiger partial charge in [0.25, 0.3) is 0 Å². The molecule has 5 aliphatic carbocycles. The van der Waals surface area contributed by atoms with Gasteiger partial charge in [0.15, 0.2) is 0 Å². The highest BCUT2D eigenvalue weighted by Crippen LogP contribution is 2.43. The van der Waals surface area contributed by atoms with Crippen molar-refractivity contribution in [3.63, 3.8) is 0 Å². The molecule has 10 heterocycles. The molecule has 10 nitrogen and oxygen atoms in total. The van der Waals surface area contributed by atoms with E-state index in [1.54, 1.807) is 0 Å². The van der Waals surface area contributed by atoms with Gasteiger partial charge >= 0.3 is 0 Å². The first-order chi connectivity index (χ1) is 40.0. The zero-order valence-corrected chi connectivity index (χ0v) is 52.9. The van der Waals surface area contributed by atoms with Crippen LogP contribution in [-0.4, -0.2) is 49.8 Å². The van der Waals surface area contributed by atoms with Crippen LogP contribution >= 0.6 is 0 Å². The van der Waals surface area contributed by atoms with Gasteiger partial charge in [-0.2, -0.15) is 0 Å². The molecule has 0 aliphatic heterocycles. The third-order valence-corrected chi connectivity index (χ3v) is 18.6. The summed E-state index contributed by atoms with van der Waals surface area (Å²) >= 11 is 0. The third kappa shape index (κ3) is 10.3. The molecule has 0 fully saturated rings. The molecule has 0 atom stereocenters. The van der Waals surface area contributed by atoms with Crippen LogP contribution in [0.3, 0.4) is 0 Å². The highest BCUT2D eigenvalue weighted by Gasteiger charge is 2.29. The fourth-order valence-corrected chi connectivity index (χ4v) is 12.8. The number of fused-ring (bicyclic) bond motifs is 15. The first-order valence-corrected chi connectivity index (χ1v) is 29.6. The normalized spacial score (nSPS) is 12.5. The van der Waals surface area contributed by atoms with Crippen molar-refractivity contribution in [2.45, 2.75) is 164 Å². The summed E-state index contributed by atoms with van der Waals surface area (Å²) in [6.45, 7) is 40.3. The van der Waals surface area contributed by atoms with E-state index >= 15 is 0 Å². The van der Waals surface area contributed by atoms with Crippen LogP contribution in [-0.2, 0) is 32.1 Å². The van der Waals surface area contributed by atoms with Gasteiger partial charge in [-0.3, -0.25) is 49.8 Å². The van der Waals surface area contributed by atoms with E-state index < -0.39 is 0 Å². The Bertz CT molecular complexity index is 4390. The Labute approximate surface area is 497 Å². The van der Waals surface area contributed by atoms with Crippen LogP contribution in [0, 0.1) is 132 Å². The molecule has 10 heteroatoms. The van der Waals surface area contributed by atoms with E-state index in [4.69, 9.17) is 19.9 Å².